The van der Waals surface area contributed by atoms with Crippen LogP contribution in [0.25, 0.3) is 11.3 Å². The lowest BCUT2D eigenvalue weighted by Crippen LogP contribution is -2.05. The number of imidazole rings is 1. The molecule has 112 valence electrons. The normalized spacial score (nSPS) is 15.8. The molecule has 1 aromatic carbocycles. The van der Waals surface area contributed by atoms with Crippen molar-refractivity contribution in [2.45, 2.75) is 31.6 Å². The quantitative estimate of drug-likeness (QED) is 0.858. The average Bonchev–Trinajstić information content (AvgIpc) is 3.06. The predicted molar refractivity (Wildman–Crippen MR) is 74.1 cm³/mol. The zero-order valence-electron chi connectivity index (χ0n) is 11.7. The van der Waals surface area contributed by atoms with E-state index in [9.17, 15) is 13.2 Å². The van der Waals surface area contributed by atoms with Gasteiger partial charge in [0, 0.05) is 18.5 Å². The van der Waals surface area contributed by atoms with E-state index in [-0.39, 0.29) is 5.56 Å². The van der Waals surface area contributed by atoms with E-state index in [2.05, 4.69) is 4.98 Å². The number of hydrogen-bond donors (Lipinski definition) is 1. The second-order valence-electron chi connectivity index (χ2n) is 5.50. The van der Waals surface area contributed by atoms with Gasteiger partial charge in [0.2, 0.25) is 0 Å². The van der Waals surface area contributed by atoms with Crippen molar-refractivity contribution in [2.24, 2.45) is 7.05 Å². The Morgan fingerprint density at radius 3 is 2.29 bits per heavy atom. The highest BCUT2D eigenvalue weighted by Gasteiger charge is 2.25. The maximum Gasteiger partial charge on any atom is 0.194 e. The van der Waals surface area contributed by atoms with Crippen molar-refractivity contribution in [3.63, 3.8) is 0 Å². The Balaban J connectivity index is 2.09. The Hall–Kier alpha value is -1.98. The molecule has 0 bridgehead atoms. The van der Waals surface area contributed by atoms with Gasteiger partial charge in [-0.25, -0.2) is 18.2 Å². The number of aromatic nitrogens is 2. The molecule has 1 saturated carbocycles. The van der Waals surface area contributed by atoms with Crippen LogP contribution in [0.1, 0.15) is 37.4 Å². The number of hydrogen-bond acceptors (Lipinski definition) is 2. The van der Waals surface area contributed by atoms with E-state index in [1.165, 1.54) is 0 Å². The molecule has 0 atom stereocenters. The molecular formula is C15H16F3N3. The molecule has 6 heteroatoms. The van der Waals surface area contributed by atoms with Crippen molar-refractivity contribution in [3.05, 3.63) is 35.4 Å². The Morgan fingerprint density at radius 2 is 1.71 bits per heavy atom. The fourth-order valence-electron chi connectivity index (χ4n) is 2.98. The summed E-state index contributed by atoms with van der Waals surface area (Å²) < 4.78 is 41.6. The molecule has 3 nitrogen and oxygen atoms in total. The topological polar surface area (TPSA) is 43.8 Å². The van der Waals surface area contributed by atoms with Crippen molar-refractivity contribution in [3.8, 4) is 11.3 Å². The fraction of sp³-hybridized carbons (Fsp3) is 0.400. The van der Waals surface area contributed by atoms with E-state index in [1.807, 2.05) is 0 Å². The van der Waals surface area contributed by atoms with E-state index in [1.54, 1.807) is 11.6 Å². The molecule has 0 saturated heterocycles. The summed E-state index contributed by atoms with van der Waals surface area (Å²) in [6, 6.07) is 1.85. The van der Waals surface area contributed by atoms with Crippen molar-refractivity contribution in [1.82, 2.24) is 9.55 Å². The molecule has 1 heterocycles. The maximum absolute atomic E-state index is 13.4. The first-order valence-electron chi connectivity index (χ1n) is 6.96. The molecule has 0 unspecified atom stereocenters. The van der Waals surface area contributed by atoms with Crippen molar-refractivity contribution >= 4 is 5.82 Å². The molecule has 0 spiro atoms. The summed E-state index contributed by atoms with van der Waals surface area (Å²) in [7, 11) is 1.79. The van der Waals surface area contributed by atoms with Gasteiger partial charge in [-0.05, 0) is 25.0 Å². The SMILES string of the molecule is Cn1c(C2CCCC2)nc(-c2cc(F)c(F)c(F)c2)c1N. The van der Waals surface area contributed by atoms with E-state index in [4.69, 9.17) is 5.73 Å². The molecule has 0 radical (unpaired) electrons. The summed E-state index contributed by atoms with van der Waals surface area (Å²) in [6.45, 7) is 0. The van der Waals surface area contributed by atoms with Gasteiger partial charge in [-0.2, -0.15) is 0 Å². The second-order valence-corrected chi connectivity index (χ2v) is 5.50. The molecule has 1 aliphatic carbocycles. The first-order valence-corrected chi connectivity index (χ1v) is 6.96. The van der Waals surface area contributed by atoms with Crippen LogP contribution in [0.4, 0.5) is 19.0 Å². The molecule has 1 aliphatic rings. The van der Waals surface area contributed by atoms with Crippen LogP contribution in [-0.2, 0) is 7.05 Å². The van der Waals surface area contributed by atoms with Gasteiger partial charge in [-0.15, -0.1) is 0 Å². The summed E-state index contributed by atoms with van der Waals surface area (Å²) >= 11 is 0. The van der Waals surface area contributed by atoms with Gasteiger partial charge in [0.15, 0.2) is 17.5 Å². The molecule has 2 aromatic rings. The number of nitrogen functional groups attached to an aromatic ring is 1. The third kappa shape index (κ3) is 2.28. The number of benzene rings is 1. The summed E-state index contributed by atoms with van der Waals surface area (Å²) in [5.41, 5.74) is 6.46. The van der Waals surface area contributed by atoms with Crippen LogP contribution < -0.4 is 5.73 Å². The van der Waals surface area contributed by atoms with E-state index < -0.39 is 17.5 Å². The minimum absolute atomic E-state index is 0.156. The molecule has 0 amide bonds. The third-order valence-corrected chi connectivity index (χ3v) is 4.15. The standard InChI is InChI=1S/C15H16F3N3/c1-21-14(19)13(20-15(21)8-4-2-3-5-8)9-6-10(16)12(18)11(17)7-9/h6-8H,2-5,19H2,1H3. The lowest BCUT2D eigenvalue weighted by Gasteiger charge is -2.08. The monoisotopic (exact) mass is 295 g/mol. The van der Waals surface area contributed by atoms with E-state index in [0.29, 0.717) is 17.4 Å². The molecule has 1 fully saturated rings. The van der Waals surface area contributed by atoms with Gasteiger partial charge in [-0.3, -0.25) is 0 Å². The molecular weight excluding hydrogens is 279 g/mol. The van der Waals surface area contributed by atoms with E-state index in [0.717, 1.165) is 43.6 Å². The predicted octanol–water partition coefficient (Wildman–Crippen LogP) is 3.74. The van der Waals surface area contributed by atoms with Crippen molar-refractivity contribution < 1.29 is 13.2 Å². The molecule has 1 aromatic heterocycles. The van der Waals surface area contributed by atoms with Crippen LogP contribution in [0.2, 0.25) is 0 Å². The highest BCUT2D eigenvalue weighted by atomic mass is 19.2. The van der Waals surface area contributed by atoms with Crippen molar-refractivity contribution in [2.75, 3.05) is 5.73 Å². The molecule has 21 heavy (non-hydrogen) atoms. The summed E-state index contributed by atoms with van der Waals surface area (Å²) in [5, 5.41) is 0. The van der Waals surface area contributed by atoms with Gasteiger partial charge < -0.3 is 10.3 Å². The number of nitrogens with two attached hydrogens (primary N) is 1. The van der Waals surface area contributed by atoms with Crippen LogP contribution in [0, 0.1) is 17.5 Å². The van der Waals surface area contributed by atoms with E-state index >= 15 is 0 Å². The molecule has 2 N–H and O–H groups in total. The highest BCUT2D eigenvalue weighted by molar-refractivity contribution is 5.71. The largest absolute Gasteiger partial charge is 0.383 e. The Morgan fingerprint density at radius 1 is 1.14 bits per heavy atom. The van der Waals surface area contributed by atoms with Crippen LogP contribution in [0.5, 0.6) is 0 Å². The minimum Gasteiger partial charge on any atom is -0.383 e. The fourth-order valence-corrected chi connectivity index (χ4v) is 2.98. The van der Waals surface area contributed by atoms with Gasteiger partial charge in [-0.1, -0.05) is 12.8 Å². The Kier molecular flexibility index (Phi) is 3.39. The third-order valence-electron chi connectivity index (χ3n) is 4.15. The van der Waals surface area contributed by atoms with Crippen LogP contribution in [0.15, 0.2) is 12.1 Å². The number of nitrogens with zero attached hydrogens (tertiary/aromatic N) is 2. The average molecular weight is 295 g/mol. The smallest absolute Gasteiger partial charge is 0.194 e. The van der Waals surface area contributed by atoms with Crippen molar-refractivity contribution in [1.29, 1.82) is 0 Å². The summed E-state index contributed by atoms with van der Waals surface area (Å²) in [6.07, 6.45) is 4.37. The van der Waals surface area contributed by atoms with Crippen LogP contribution in [-0.4, -0.2) is 9.55 Å². The number of rotatable bonds is 2. The molecule has 3 rings (SSSR count). The summed E-state index contributed by atoms with van der Waals surface area (Å²) in [4.78, 5) is 4.46. The highest BCUT2D eigenvalue weighted by Crippen LogP contribution is 2.37. The zero-order valence-corrected chi connectivity index (χ0v) is 11.7. The second kappa shape index (κ2) is 5.09. The first kappa shape index (κ1) is 14.0. The van der Waals surface area contributed by atoms with Gasteiger partial charge in [0.25, 0.3) is 0 Å². The van der Waals surface area contributed by atoms with Gasteiger partial charge in [0.05, 0.1) is 0 Å². The molecule has 0 aliphatic heterocycles. The number of anilines is 1. The maximum atomic E-state index is 13.4. The van der Waals surface area contributed by atoms with Crippen LogP contribution in [0.3, 0.4) is 0 Å². The van der Waals surface area contributed by atoms with Crippen LogP contribution >= 0.6 is 0 Å². The lowest BCUT2D eigenvalue weighted by atomic mass is 10.1. The summed E-state index contributed by atoms with van der Waals surface area (Å²) in [5.74, 6) is -2.48. The number of halogens is 3. The zero-order chi connectivity index (χ0) is 15.1. The lowest BCUT2D eigenvalue weighted by molar-refractivity contribution is 0.447. The van der Waals surface area contributed by atoms with Gasteiger partial charge in [0.1, 0.15) is 17.3 Å². The minimum atomic E-state index is -1.48. The van der Waals surface area contributed by atoms with Gasteiger partial charge >= 0.3 is 0 Å². The Bertz CT molecular complexity index is 665. The first-order chi connectivity index (χ1) is 9.99. The Labute approximate surface area is 120 Å².